The van der Waals surface area contributed by atoms with Gasteiger partial charge in [-0.3, -0.25) is 9.10 Å². The third kappa shape index (κ3) is 6.13. The summed E-state index contributed by atoms with van der Waals surface area (Å²) < 4.78 is 72.2. The van der Waals surface area contributed by atoms with Crippen LogP contribution in [0.1, 0.15) is 22.3 Å². The number of ether oxygens (including phenoxy) is 1. The molecule has 3 aromatic rings. The molecule has 0 aliphatic carbocycles. The van der Waals surface area contributed by atoms with Crippen LogP contribution in [0.4, 0.5) is 24.5 Å². The Morgan fingerprint density at radius 2 is 1.51 bits per heavy atom. The quantitative estimate of drug-likeness (QED) is 0.461. The van der Waals surface area contributed by atoms with Gasteiger partial charge in [0, 0.05) is 5.69 Å². The number of carbonyl (C=O) groups is 1. The van der Waals surface area contributed by atoms with Crippen molar-refractivity contribution in [3.8, 4) is 5.75 Å². The summed E-state index contributed by atoms with van der Waals surface area (Å²) in [5, 5.41) is 2.47. The third-order valence-corrected chi connectivity index (χ3v) is 6.96. The van der Waals surface area contributed by atoms with Crippen LogP contribution in [0, 0.1) is 20.8 Å². The number of halogens is 3. The highest BCUT2D eigenvalue weighted by Crippen LogP contribution is 2.32. The van der Waals surface area contributed by atoms with Gasteiger partial charge in [0.25, 0.3) is 10.0 Å². The van der Waals surface area contributed by atoms with Gasteiger partial charge in [-0.1, -0.05) is 12.1 Å². The summed E-state index contributed by atoms with van der Waals surface area (Å²) in [7, 11) is -2.92. The van der Waals surface area contributed by atoms with Crippen LogP contribution in [-0.4, -0.2) is 28.0 Å². The van der Waals surface area contributed by atoms with Gasteiger partial charge in [0.05, 0.1) is 18.4 Å². The Hall–Kier alpha value is -3.53. The summed E-state index contributed by atoms with van der Waals surface area (Å²) >= 11 is 0. The highest BCUT2D eigenvalue weighted by molar-refractivity contribution is 7.93. The fourth-order valence-electron chi connectivity index (χ4n) is 3.59. The van der Waals surface area contributed by atoms with Crippen molar-refractivity contribution in [2.45, 2.75) is 31.8 Å². The van der Waals surface area contributed by atoms with Gasteiger partial charge >= 0.3 is 6.18 Å². The molecular formula is C25H25F3N2O4S. The number of nitrogens with one attached hydrogen (secondary N) is 1. The summed E-state index contributed by atoms with van der Waals surface area (Å²) in [5.41, 5.74) is 1.78. The van der Waals surface area contributed by atoms with Crippen molar-refractivity contribution in [1.82, 2.24) is 0 Å². The van der Waals surface area contributed by atoms with Gasteiger partial charge in [0.15, 0.2) is 0 Å². The highest BCUT2D eigenvalue weighted by Gasteiger charge is 2.32. The first-order valence-corrected chi connectivity index (χ1v) is 12.0. The maximum Gasteiger partial charge on any atom is 0.416 e. The zero-order valence-corrected chi connectivity index (χ0v) is 20.4. The van der Waals surface area contributed by atoms with Crippen molar-refractivity contribution in [1.29, 1.82) is 0 Å². The molecule has 0 aliphatic heterocycles. The Kier molecular flexibility index (Phi) is 7.44. The van der Waals surface area contributed by atoms with Crippen LogP contribution in [-0.2, 0) is 21.0 Å². The van der Waals surface area contributed by atoms with E-state index in [1.165, 1.54) is 19.2 Å². The average molecular weight is 507 g/mol. The number of benzene rings is 3. The van der Waals surface area contributed by atoms with Crippen LogP contribution in [0.2, 0.25) is 0 Å². The Morgan fingerprint density at radius 3 is 2.06 bits per heavy atom. The molecule has 0 aromatic heterocycles. The van der Waals surface area contributed by atoms with Crippen LogP contribution in [0.5, 0.6) is 5.75 Å². The standard InChI is InChI=1S/C25H25F3N2O4S/c1-16-5-10-22(34-4)23(14-16)35(32,33)30(21-12-17(2)11-18(3)13-21)15-24(31)29-20-8-6-19(7-9-20)25(26,27)28/h5-14H,15H2,1-4H3,(H,29,31). The van der Waals surface area contributed by atoms with E-state index in [1.807, 2.05) is 6.07 Å². The van der Waals surface area contributed by atoms with Crippen molar-refractivity contribution in [2.75, 3.05) is 23.3 Å². The number of methoxy groups -OCH3 is 1. The summed E-state index contributed by atoms with van der Waals surface area (Å²) in [4.78, 5) is 12.8. The molecule has 0 spiro atoms. The predicted molar refractivity (Wildman–Crippen MR) is 128 cm³/mol. The van der Waals surface area contributed by atoms with E-state index in [4.69, 9.17) is 4.74 Å². The van der Waals surface area contributed by atoms with Gasteiger partial charge in [0.1, 0.15) is 17.2 Å². The topological polar surface area (TPSA) is 75.7 Å². The predicted octanol–water partition coefficient (Wildman–Crippen LogP) is 5.47. The molecule has 0 heterocycles. The van der Waals surface area contributed by atoms with E-state index in [2.05, 4.69) is 5.32 Å². The largest absolute Gasteiger partial charge is 0.495 e. The first kappa shape index (κ1) is 26.1. The van der Waals surface area contributed by atoms with E-state index in [1.54, 1.807) is 39.0 Å². The molecule has 3 aromatic carbocycles. The molecule has 0 unspecified atom stereocenters. The molecule has 35 heavy (non-hydrogen) atoms. The van der Waals surface area contributed by atoms with E-state index >= 15 is 0 Å². The van der Waals surface area contributed by atoms with Crippen LogP contribution >= 0.6 is 0 Å². The molecule has 1 N–H and O–H groups in total. The number of carbonyl (C=O) groups excluding carboxylic acids is 1. The Morgan fingerprint density at radius 1 is 0.914 bits per heavy atom. The van der Waals surface area contributed by atoms with Crippen LogP contribution < -0.4 is 14.4 Å². The summed E-state index contributed by atoms with van der Waals surface area (Å²) in [6.07, 6.45) is -4.51. The molecule has 10 heteroatoms. The Balaban J connectivity index is 2.00. The number of hydrogen-bond donors (Lipinski definition) is 1. The monoisotopic (exact) mass is 506 g/mol. The van der Waals surface area contributed by atoms with Gasteiger partial charge in [-0.15, -0.1) is 0 Å². The molecule has 0 aliphatic rings. The Bertz CT molecular complexity index is 1320. The molecule has 0 atom stereocenters. The second kappa shape index (κ2) is 9.99. The number of hydrogen-bond acceptors (Lipinski definition) is 4. The lowest BCUT2D eigenvalue weighted by Gasteiger charge is -2.26. The lowest BCUT2D eigenvalue weighted by atomic mass is 10.1. The SMILES string of the molecule is COc1ccc(C)cc1S(=O)(=O)N(CC(=O)Nc1ccc(C(F)(F)F)cc1)c1cc(C)cc(C)c1. The van der Waals surface area contributed by atoms with E-state index < -0.39 is 34.2 Å². The average Bonchev–Trinajstić information content (AvgIpc) is 2.76. The first-order valence-electron chi connectivity index (χ1n) is 10.5. The van der Waals surface area contributed by atoms with Crippen molar-refractivity contribution in [3.63, 3.8) is 0 Å². The second-order valence-corrected chi connectivity index (χ2v) is 9.97. The van der Waals surface area contributed by atoms with Gasteiger partial charge in [-0.05, 0) is 86.0 Å². The molecule has 0 saturated heterocycles. The zero-order valence-electron chi connectivity index (χ0n) is 19.6. The lowest BCUT2D eigenvalue weighted by molar-refractivity contribution is -0.137. The van der Waals surface area contributed by atoms with Crippen LogP contribution in [0.25, 0.3) is 0 Å². The number of aryl methyl sites for hydroxylation is 3. The van der Waals surface area contributed by atoms with Crippen molar-refractivity contribution in [3.05, 3.63) is 82.9 Å². The van der Waals surface area contributed by atoms with E-state index in [9.17, 15) is 26.4 Å². The van der Waals surface area contributed by atoms with Crippen molar-refractivity contribution >= 4 is 27.3 Å². The number of amides is 1. The molecule has 3 rings (SSSR count). The van der Waals surface area contributed by atoms with Crippen molar-refractivity contribution < 1.29 is 31.1 Å². The van der Waals surface area contributed by atoms with Crippen LogP contribution in [0.15, 0.2) is 65.6 Å². The van der Waals surface area contributed by atoms with E-state index in [-0.39, 0.29) is 22.0 Å². The maximum atomic E-state index is 13.8. The number of rotatable bonds is 7. The number of sulfonamides is 1. The van der Waals surface area contributed by atoms with E-state index in [0.717, 1.165) is 39.7 Å². The van der Waals surface area contributed by atoms with Crippen molar-refractivity contribution in [2.24, 2.45) is 0 Å². The number of anilines is 2. The molecular weight excluding hydrogens is 481 g/mol. The highest BCUT2D eigenvalue weighted by atomic mass is 32.2. The maximum absolute atomic E-state index is 13.8. The molecule has 0 fully saturated rings. The van der Waals surface area contributed by atoms with Gasteiger partial charge in [-0.25, -0.2) is 8.42 Å². The van der Waals surface area contributed by atoms with Gasteiger partial charge < -0.3 is 10.1 Å². The fourth-order valence-corrected chi connectivity index (χ4v) is 5.24. The first-order chi connectivity index (χ1) is 16.3. The normalized spacial score (nSPS) is 11.7. The number of alkyl halides is 3. The summed E-state index contributed by atoms with van der Waals surface area (Å²) in [5.74, 6) is -0.604. The molecule has 0 saturated carbocycles. The van der Waals surface area contributed by atoms with E-state index in [0.29, 0.717) is 5.56 Å². The molecule has 6 nitrogen and oxygen atoms in total. The minimum atomic E-state index is -4.51. The fraction of sp³-hybridized carbons (Fsp3) is 0.240. The molecule has 1 amide bonds. The zero-order chi connectivity index (χ0) is 26.0. The second-order valence-electron chi connectivity index (χ2n) is 8.14. The Labute approximate surface area is 202 Å². The van der Waals surface area contributed by atoms with Gasteiger partial charge in [0.2, 0.25) is 5.91 Å². The third-order valence-electron chi connectivity index (χ3n) is 5.16. The lowest BCUT2D eigenvalue weighted by Crippen LogP contribution is -2.38. The minimum absolute atomic E-state index is 0.105. The molecule has 186 valence electrons. The van der Waals surface area contributed by atoms with Crippen LogP contribution in [0.3, 0.4) is 0 Å². The minimum Gasteiger partial charge on any atom is -0.495 e. The summed E-state index contributed by atoms with van der Waals surface area (Å²) in [6.45, 7) is 4.73. The number of nitrogens with zero attached hydrogens (tertiary/aromatic N) is 1. The smallest absolute Gasteiger partial charge is 0.416 e. The molecule has 0 radical (unpaired) electrons. The molecule has 0 bridgehead atoms. The summed E-state index contributed by atoms with van der Waals surface area (Å²) in [6, 6.07) is 13.7. The van der Waals surface area contributed by atoms with Gasteiger partial charge in [-0.2, -0.15) is 13.2 Å².